The quantitative estimate of drug-likeness (QED) is 0.922. The molecule has 0 radical (unpaired) electrons. The monoisotopic (exact) mass is 287 g/mol. The van der Waals surface area contributed by atoms with Crippen molar-refractivity contribution in [1.82, 2.24) is 10.3 Å². The van der Waals surface area contributed by atoms with Crippen LogP contribution in [-0.2, 0) is 9.53 Å². The first-order chi connectivity index (χ1) is 10.3. The minimum Gasteiger partial charge on any atom is -0.464 e. The molecule has 1 N–H and O–H groups in total. The third-order valence-corrected chi connectivity index (χ3v) is 3.94. The van der Waals surface area contributed by atoms with Gasteiger partial charge in [-0.05, 0) is 25.0 Å². The van der Waals surface area contributed by atoms with Crippen LogP contribution < -0.4 is 10.2 Å². The van der Waals surface area contributed by atoms with Gasteiger partial charge in [-0.25, -0.2) is 4.98 Å². The number of hydrogen-bond donors (Lipinski definition) is 1. The van der Waals surface area contributed by atoms with Gasteiger partial charge in [0.25, 0.3) is 5.91 Å². The summed E-state index contributed by atoms with van der Waals surface area (Å²) < 4.78 is 11.0. The molecule has 4 rings (SSSR count). The first-order valence-corrected chi connectivity index (χ1v) is 7.30. The molecule has 1 saturated carbocycles. The summed E-state index contributed by atoms with van der Waals surface area (Å²) in [7, 11) is 0. The van der Waals surface area contributed by atoms with Crippen molar-refractivity contribution >= 4 is 22.7 Å². The summed E-state index contributed by atoms with van der Waals surface area (Å²) >= 11 is 0. The van der Waals surface area contributed by atoms with Gasteiger partial charge in [-0.2, -0.15) is 0 Å². The fourth-order valence-corrected chi connectivity index (χ4v) is 2.65. The Bertz CT molecular complexity index is 665. The number of hydrogen-bond acceptors (Lipinski definition) is 5. The highest BCUT2D eigenvalue weighted by Crippen LogP contribution is 2.27. The van der Waals surface area contributed by atoms with Gasteiger partial charge in [0, 0.05) is 18.8 Å². The number of pyridine rings is 1. The Morgan fingerprint density at radius 3 is 3.14 bits per heavy atom. The van der Waals surface area contributed by atoms with Crippen molar-refractivity contribution in [2.75, 3.05) is 24.6 Å². The number of amides is 1. The van der Waals surface area contributed by atoms with Crippen LogP contribution in [0.4, 0.5) is 5.82 Å². The molecule has 0 aromatic carbocycles. The van der Waals surface area contributed by atoms with E-state index in [0.717, 1.165) is 36.2 Å². The minimum atomic E-state index is -0.427. The Hall–Kier alpha value is -2.08. The normalized spacial score (nSPS) is 22.5. The minimum absolute atomic E-state index is 0.0124. The molecule has 1 aliphatic heterocycles. The lowest BCUT2D eigenvalue weighted by Gasteiger charge is -2.33. The Morgan fingerprint density at radius 1 is 1.38 bits per heavy atom. The van der Waals surface area contributed by atoms with E-state index in [9.17, 15) is 4.79 Å². The molecule has 2 aliphatic rings. The number of carbonyl (C=O) groups is 1. The molecule has 2 fully saturated rings. The summed E-state index contributed by atoms with van der Waals surface area (Å²) in [6, 6.07) is 4.11. The van der Waals surface area contributed by atoms with Crippen LogP contribution in [0, 0.1) is 0 Å². The van der Waals surface area contributed by atoms with Crippen LogP contribution in [0.3, 0.4) is 0 Å². The standard InChI is InChI=1S/C15H17N3O3/c19-15(17-10-1-2-10)13-9-18(6-8-21-13)14-11-4-7-20-12(11)3-5-16-14/h3-5,7,10,13H,1-2,6,8-9H2,(H,17,19). The zero-order valence-corrected chi connectivity index (χ0v) is 11.6. The molecule has 2 aromatic rings. The SMILES string of the molecule is O=C(NC1CC1)C1CN(c2nccc3occc23)CCO1. The van der Waals surface area contributed by atoms with Crippen molar-refractivity contribution < 1.29 is 13.9 Å². The van der Waals surface area contributed by atoms with Crippen molar-refractivity contribution in [1.29, 1.82) is 0 Å². The lowest BCUT2D eigenvalue weighted by molar-refractivity contribution is -0.133. The number of aromatic nitrogens is 1. The molecule has 1 aliphatic carbocycles. The van der Waals surface area contributed by atoms with Crippen LogP contribution in [0.2, 0.25) is 0 Å². The van der Waals surface area contributed by atoms with Crippen LogP contribution in [0.1, 0.15) is 12.8 Å². The Balaban J connectivity index is 1.54. The smallest absolute Gasteiger partial charge is 0.251 e. The van der Waals surface area contributed by atoms with Crippen molar-refractivity contribution in [3.63, 3.8) is 0 Å². The van der Waals surface area contributed by atoms with E-state index in [1.807, 2.05) is 12.1 Å². The summed E-state index contributed by atoms with van der Waals surface area (Å²) in [6.45, 7) is 1.78. The predicted molar refractivity (Wildman–Crippen MR) is 77.1 cm³/mol. The Morgan fingerprint density at radius 2 is 2.29 bits per heavy atom. The molecule has 6 heteroatoms. The van der Waals surface area contributed by atoms with E-state index in [0.29, 0.717) is 19.2 Å². The molecule has 0 bridgehead atoms. The molecule has 21 heavy (non-hydrogen) atoms. The number of nitrogens with zero attached hydrogens (tertiary/aromatic N) is 2. The van der Waals surface area contributed by atoms with Gasteiger partial charge in [0.2, 0.25) is 0 Å². The van der Waals surface area contributed by atoms with Crippen LogP contribution in [0.15, 0.2) is 29.0 Å². The van der Waals surface area contributed by atoms with Crippen molar-refractivity contribution in [2.45, 2.75) is 25.0 Å². The first-order valence-electron chi connectivity index (χ1n) is 7.30. The number of morpholine rings is 1. The number of anilines is 1. The Labute approximate surface area is 122 Å². The number of fused-ring (bicyclic) bond motifs is 1. The lowest BCUT2D eigenvalue weighted by Crippen LogP contribution is -2.50. The number of ether oxygens (including phenoxy) is 1. The van der Waals surface area contributed by atoms with E-state index >= 15 is 0 Å². The highest BCUT2D eigenvalue weighted by Gasteiger charge is 2.32. The molecule has 1 atom stereocenters. The number of nitrogens with one attached hydrogen (secondary N) is 1. The van der Waals surface area contributed by atoms with Gasteiger partial charge in [-0.1, -0.05) is 0 Å². The van der Waals surface area contributed by atoms with E-state index in [2.05, 4.69) is 15.2 Å². The average Bonchev–Trinajstić information content (AvgIpc) is 3.20. The fourth-order valence-electron chi connectivity index (χ4n) is 2.65. The maximum Gasteiger partial charge on any atom is 0.251 e. The second-order valence-corrected chi connectivity index (χ2v) is 5.56. The summed E-state index contributed by atoms with van der Waals surface area (Å²) in [5.74, 6) is 0.843. The highest BCUT2D eigenvalue weighted by atomic mass is 16.5. The third kappa shape index (κ3) is 2.47. The van der Waals surface area contributed by atoms with Crippen LogP contribution in [-0.4, -0.2) is 42.7 Å². The second-order valence-electron chi connectivity index (χ2n) is 5.56. The van der Waals surface area contributed by atoms with Gasteiger partial charge in [0.15, 0.2) is 6.10 Å². The van der Waals surface area contributed by atoms with Crippen molar-refractivity contribution in [2.24, 2.45) is 0 Å². The summed E-state index contributed by atoms with van der Waals surface area (Å²) in [5.41, 5.74) is 0.811. The molecular formula is C15H17N3O3. The number of rotatable bonds is 3. The summed E-state index contributed by atoms with van der Waals surface area (Å²) in [5, 5.41) is 3.97. The van der Waals surface area contributed by atoms with Crippen LogP contribution in [0.25, 0.3) is 11.0 Å². The van der Waals surface area contributed by atoms with E-state index < -0.39 is 6.10 Å². The third-order valence-electron chi connectivity index (χ3n) is 3.94. The van der Waals surface area contributed by atoms with Crippen molar-refractivity contribution in [3.8, 4) is 0 Å². The molecule has 1 saturated heterocycles. The maximum atomic E-state index is 12.1. The largest absolute Gasteiger partial charge is 0.464 e. The summed E-state index contributed by atoms with van der Waals surface area (Å²) in [4.78, 5) is 18.7. The van der Waals surface area contributed by atoms with E-state index in [1.54, 1.807) is 12.5 Å². The molecule has 1 amide bonds. The van der Waals surface area contributed by atoms with Gasteiger partial charge in [-0.3, -0.25) is 4.79 Å². The number of carbonyl (C=O) groups excluding carboxylic acids is 1. The van der Waals surface area contributed by atoms with E-state index in [-0.39, 0.29) is 5.91 Å². The molecule has 110 valence electrons. The summed E-state index contributed by atoms with van der Waals surface area (Å²) in [6.07, 6.45) is 5.13. The van der Waals surface area contributed by atoms with Gasteiger partial charge in [-0.15, -0.1) is 0 Å². The van der Waals surface area contributed by atoms with Gasteiger partial charge >= 0.3 is 0 Å². The average molecular weight is 287 g/mol. The molecule has 1 unspecified atom stereocenters. The zero-order valence-electron chi connectivity index (χ0n) is 11.6. The van der Waals surface area contributed by atoms with Crippen LogP contribution >= 0.6 is 0 Å². The van der Waals surface area contributed by atoms with Gasteiger partial charge < -0.3 is 19.4 Å². The van der Waals surface area contributed by atoms with Crippen molar-refractivity contribution in [3.05, 3.63) is 24.6 Å². The highest BCUT2D eigenvalue weighted by molar-refractivity contribution is 5.89. The molecular weight excluding hydrogens is 270 g/mol. The second kappa shape index (κ2) is 5.04. The molecule has 2 aromatic heterocycles. The number of furan rings is 1. The zero-order chi connectivity index (χ0) is 14.2. The molecule has 6 nitrogen and oxygen atoms in total. The molecule has 0 spiro atoms. The topological polar surface area (TPSA) is 67.6 Å². The maximum absolute atomic E-state index is 12.1. The molecule has 3 heterocycles. The lowest BCUT2D eigenvalue weighted by atomic mass is 10.2. The van der Waals surface area contributed by atoms with Gasteiger partial charge in [0.1, 0.15) is 11.4 Å². The first kappa shape index (κ1) is 12.6. The Kier molecular flexibility index (Phi) is 3.03. The van der Waals surface area contributed by atoms with Crippen LogP contribution in [0.5, 0.6) is 0 Å². The van der Waals surface area contributed by atoms with Gasteiger partial charge in [0.05, 0.1) is 24.8 Å². The fraction of sp³-hybridized carbons (Fsp3) is 0.467. The predicted octanol–water partition coefficient (Wildman–Crippen LogP) is 1.31. The van der Waals surface area contributed by atoms with E-state index in [4.69, 9.17) is 9.15 Å². The van der Waals surface area contributed by atoms with E-state index in [1.165, 1.54) is 0 Å².